The van der Waals surface area contributed by atoms with Gasteiger partial charge in [-0.2, -0.15) is 0 Å². The van der Waals surface area contributed by atoms with E-state index in [-0.39, 0.29) is 6.61 Å². The highest BCUT2D eigenvalue weighted by Crippen LogP contribution is 2.34. The van der Waals surface area contributed by atoms with Gasteiger partial charge in [-0.05, 0) is 60.8 Å². The molecule has 7 heteroatoms. The molecule has 0 bridgehead atoms. The molecule has 0 radical (unpaired) electrons. The molecule has 0 heterocycles. The van der Waals surface area contributed by atoms with E-state index in [9.17, 15) is 15.0 Å². The van der Waals surface area contributed by atoms with E-state index in [0.29, 0.717) is 17.9 Å². The Labute approximate surface area is 145 Å². The number of hydrogen-bond donors (Lipinski definition) is 2. The summed E-state index contributed by atoms with van der Waals surface area (Å²) < 4.78 is 11.4. The maximum atomic E-state index is 11.6. The van der Waals surface area contributed by atoms with Crippen LogP contribution in [0.5, 0.6) is 11.5 Å². The normalized spacial score (nSPS) is 12.7. The minimum atomic E-state index is -1.07. The highest BCUT2D eigenvalue weighted by atomic mass is 79.9. The van der Waals surface area contributed by atoms with E-state index in [4.69, 9.17) is 9.47 Å². The van der Waals surface area contributed by atoms with Crippen LogP contribution in [0.3, 0.4) is 0 Å². The van der Waals surface area contributed by atoms with Crippen LogP contribution in [0.2, 0.25) is 0 Å². The number of aliphatic hydroxyl groups excluding tert-OH is 1. The standard InChI is InChI=1S/C16H24BrNO5/c1-16(2,3)18(15(20)21)11(9-19)6-10-7-14(23-5)12(17)8-13(10)22-4/h7-8,11,19H,6,9H2,1-5H3,(H,20,21). The molecule has 1 rings (SSSR count). The predicted octanol–water partition coefficient (Wildman–Crippen LogP) is 3.15. The fourth-order valence-electron chi connectivity index (χ4n) is 2.57. The lowest BCUT2D eigenvalue weighted by molar-refractivity contribution is 0.0463. The number of ether oxygens (including phenoxy) is 2. The first-order valence-corrected chi connectivity index (χ1v) is 7.98. The van der Waals surface area contributed by atoms with Crippen LogP contribution >= 0.6 is 15.9 Å². The van der Waals surface area contributed by atoms with Crippen LogP contribution in [0.4, 0.5) is 4.79 Å². The third-order valence-electron chi connectivity index (χ3n) is 3.52. The number of benzene rings is 1. The summed E-state index contributed by atoms with van der Waals surface area (Å²) >= 11 is 3.39. The van der Waals surface area contributed by atoms with Crippen LogP contribution in [0.1, 0.15) is 26.3 Å². The van der Waals surface area contributed by atoms with E-state index in [1.54, 1.807) is 47.1 Å². The molecule has 0 fully saturated rings. The number of hydrogen-bond acceptors (Lipinski definition) is 4. The maximum Gasteiger partial charge on any atom is 0.408 e. The molecule has 23 heavy (non-hydrogen) atoms. The van der Waals surface area contributed by atoms with Gasteiger partial charge in [0, 0.05) is 5.54 Å². The summed E-state index contributed by atoms with van der Waals surface area (Å²) in [6.45, 7) is 5.10. The fourth-order valence-corrected chi connectivity index (χ4v) is 3.05. The van der Waals surface area contributed by atoms with Gasteiger partial charge in [-0.1, -0.05) is 0 Å². The monoisotopic (exact) mass is 389 g/mol. The fraction of sp³-hybridized carbons (Fsp3) is 0.562. The summed E-state index contributed by atoms with van der Waals surface area (Å²) in [6, 6.07) is 2.96. The quantitative estimate of drug-likeness (QED) is 0.780. The number of carbonyl (C=O) groups is 1. The van der Waals surface area contributed by atoms with Crippen LogP contribution in [0.15, 0.2) is 16.6 Å². The smallest absolute Gasteiger partial charge is 0.408 e. The van der Waals surface area contributed by atoms with Crippen molar-refractivity contribution in [1.29, 1.82) is 0 Å². The van der Waals surface area contributed by atoms with Crippen molar-refractivity contribution in [2.75, 3.05) is 20.8 Å². The van der Waals surface area contributed by atoms with Gasteiger partial charge in [0.15, 0.2) is 0 Å². The summed E-state index contributed by atoms with van der Waals surface area (Å²) in [6.07, 6.45) is -0.757. The zero-order valence-corrected chi connectivity index (χ0v) is 15.7. The topological polar surface area (TPSA) is 79.2 Å². The van der Waals surface area contributed by atoms with Gasteiger partial charge in [0.25, 0.3) is 0 Å². The molecule has 1 unspecified atom stereocenters. The van der Waals surface area contributed by atoms with Gasteiger partial charge in [0.2, 0.25) is 0 Å². The zero-order chi connectivity index (χ0) is 17.8. The molecule has 0 aliphatic carbocycles. The Balaban J connectivity index is 3.23. The van der Waals surface area contributed by atoms with Crippen LogP contribution in [-0.4, -0.2) is 53.6 Å². The zero-order valence-electron chi connectivity index (χ0n) is 14.1. The van der Waals surface area contributed by atoms with E-state index in [1.807, 2.05) is 0 Å². The highest BCUT2D eigenvalue weighted by Gasteiger charge is 2.33. The maximum absolute atomic E-state index is 11.6. The molecule has 0 saturated heterocycles. The van der Waals surface area contributed by atoms with E-state index < -0.39 is 17.7 Å². The molecule has 2 N–H and O–H groups in total. The Kier molecular flexibility index (Phi) is 6.70. The Morgan fingerprint density at radius 1 is 1.26 bits per heavy atom. The third-order valence-corrected chi connectivity index (χ3v) is 4.13. The SMILES string of the molecule is COc1cc(CC(CO)N(C(=O)O)C(C)(C)C)c(OC)cc1Br. The molecule has 1 aromatic rings. The molecule has 1 aromatic carbocycles. The third kappa shape index (κ3) is 4.75. The Hall–Kier alpha value is -1.47. The van der Waals surface area contributed by atoms with Crippen molar-refractivity contribution in [3.8, 4) is 11.5 Å². The van der Waals surface area contributed by atoms with Gasteiger partial charge in [0.1, 0.15) is 11.5 Å². The van der Waals surface area contributed by atoms with Gasteiger partial charge < -0.3 is 19.7 Å². The number of methoxy groups -OCH3 is 2. The van der Waals surface area contributed by atoms with Crippen molar-refractivity contribution in [3.05, 3.63) is 22.2 Å². The van der Waals surface area contributed by atoms with E-state index in [1.165, 1.54) is 4.90 Å². The summed E-state index contributed by atoms with van der Waals surface area (Å²) in [5.74, 6) is 1.23. The summed E-state index contributed by atoms with van der Waals surface area (Å²) in [7, 11) is 3.10. The largest absolute Gasteiger partial charge is 0.496 e. The Morgan fingerprint density at radius 2 is 1.83 bits per heavy atom. The van der Waals surface area contributed by atoms with Crippen molar-refractivity contribution in [1.82, 2.24) is 4.90 Å². The van der Waals surface area contributed by atoms with E-state index in [0.717, 1.165) is 10.0 Å². The van der Waals surface area contributed by atoms with Gasteiger partial charge in [-0.3, -0.25) is 4.90 Å². The minimum Gasteiger partial charge on any atom is -0.496 e. The van der Waals surface area contributed by atoms with Crippen molar-refractivity contribution >= 4 is 22.0 Å². The van der Waals surface area contributed by atoms with Gasteiger partial charge in [-0.25, -0.2) is 4.79 Å². The lowest BCUT2D eigenvalue weighted by Crippen LogP contribution is -2.53. The minimum absolute atomic E-state index is 0.287. The lowest BCUT2D eigenvalue weighted by atomic mass is 9.98. The second-order valence-corrected chi connectivity index (χ2v) is 7.02. The van der Waals surface area contributed by atoms with E-state index >= 15 is 0 Å². The van der Waals surface area contributed by atoms with Gasteiger partial charge in [0.05, 0.1) is 31.3 Å². The molecule has 1 amide bonds. The Morgan fingerprint density at radius 3 is 2.22 bits per heavy atom. The number of halogens is 1. The molecular weight excluding hydrogens is 366 g/mol. The van der Waals surface area contributed by atoms with Crippen LogP contribution in [-0.2, 0) is 6.42 Å². The van der Waals surface area contributed by atoms with Crippen LogP contribution < -0.4 is 9.47 Å². The second kappa shape index (κ2) is 7.88. The first kappa shape index (κ1) is 19.6. The summed E-state index contributed by atoms with van der Waals surface area (Å²) in [5.41, 5.74) is 0.133. The first-order chi connectivity index (χ1) is 10.6. The van der Waals surface area contributed by atoms with Crippen molar-refractivity contribution < 1.29 is 24.5 Å². The average Bonchev–Trinajstić information content (AvgIpc) is 2.45. The van der Waals surface area contributed by atoms with Crippen molar-refractivity contribution in [2.45, 2.75) is 38.8 Å². The van der Waals surface area contributed by atoms with Crippen molar-refractivity contribution in [2.24, 2.45) is 0 Å². The summed E-state index contributed by atoms with van der Waals surface area (Å²) in [4.78, 5) is 12.9. The van der Waals surface area contributed by atoms with Crippen LogP contribution in [0, 0.1) is 0 Å². The molecule has 0 spiro atoms. The molecular formula is C16H24BrNO5. The number of rotatable bonds is 6. The number of amides is 1. The van der Waals surface area contributed by atoms with Gasteiger partial charge >= 0.3 is 6.09 Å². The van der Waals surface area contributed by atoms with E-state index in [2.05, 4.69) is 15.9 Å². The molecule has 0 saturated carbocycles. The van der Waals surface area contributed by atoms with Gasteiger partial charge in [-0.15, -0.1) is 0 Å². The highest BCUT2D eigenvalue weighted by molar-refractivity contribution is 9.10. The van der Waals surface area contributed by atoms with Crippen molar-refractivity contribution in [3.63, 3.8) is 0 Å². The lowest BCUT2D eigenvalue weighted by Gasteiger charge is -2.39. The number of carboxylic acid groups (broad SMARTS) is 1. The number of nitrogens with zero attached hydrogens (tertiary/aromatic N) is 1. The second-order valence-electron chi connectivity index (χ2n) is 6.16. The molecule has 0 aliphatic rings. The predicted molar refractivity (Wildman–Crippen MR) is 91.4 cm³/mol. The average molecular weight is 390 g/mol. The Bertz CT molecular complexity index is 556. The molecule has 0 aromatic heterocycles. The first-order valence-electron chi connectivity index (χ1n) is 7.19. The van der Waals surface area contributed by atoms with Crippen LogP contribution in [0.25, 0.3) is 0 Å². The molecule has 1 atom stereocenters. The molecule has 6 nitrogen and oxygen atoms in total. The summed E-state index contributed by atoms with van der Waals surface area (Å²) in [5, 5.41) is 19.2. The molecule has 130 valence electrons. The number of aliphatic hydroxyl groups is 1. The molecule has 0 aliphatic heterocycles.